The fraction of sp³-hybridized carbons (Fsp3) is 0.348. The smallest absolute Gasteiger partial charge is 0.326 e. The van der Waals surface area contributed by atoms with Gasteiger partial charge in [0.1, 0.15) is 11.8 Å². The van der Waals surface area contributed by atoms with Crippen molar-refractivity contribution in [1.29, 1.82) is 0 Å². The minimum Gasteiger partial charge on any atom is -0.480 e. The van der Waals surface area contributed by atoms with Gasteiger partial charge in [-0.1, -0.05) is 60.7 Å². The third-order valence-corrected chi connectivity index (χ3v) is 5.70. The van der Waals surface area contributed by atoms with Crippen molar-refractivity contribution >= 4 is 17.7 Å². The predicted molar refractivity (Wildman–Crippen MR) is 106 cm³/mol. The SMILES string of the molecule is CC(C(=O)N[C@H](C(=O)O)[C@@H]1CCCC(=O)C1)(c1ccccc1)c1ccccc1. The van der Waals surface area contributed by atoms with Crippen molar-refractivity contribution in [1.82, 2.24) is 5.32 Å². The van der Waals surface area contributed by atoms with Crippen LogP contribution in [0.3, 0.4) is 0 Å². The van der Waals surface area contributed by atoms with Gasteiger partial charge in [0.05, 0.1) is 5.41 Å². The molecule has 2 aromatic carbocycles. The van der Waals surface area contributed by atoms with Gasteiger partial charge >= 0.3 is 5.97 Å². The average molecular weight is 379 g/mol. The molecule has 0 unspecified atom stereocenters. The Morgan fingerprint density at radius 1 is 1.04 bits per heavy atom. The molecular weight excluding hydrogens is 354 g/mol. The number of carboxylic acids is 1. The second kappa shape index (κ2) is 8.38. The van der Waals surface area contributed by atoms with Crippen LogP contribution in [-0.4, -0.2) is 28.8 Å². The molecule has 1 saturated carbocycles. The van der Waals surface area contributed by atoms with Crippen LogP contribution in [0.15, 0.2) is 60.7 Å². The number of Topliss-reactive ketones (excluding diaryl/α,β-unsaturated/α-hetero) is 1. The van der Waals surface area contributed by atoms with E-state index in [0.717, 1.165) is 11.1 Å². The summed E-state index contributed by atoms with van der Waals surface area (Å²) in [7, 11) is 0. The number of ketones is 1. The molecule has 28 heavy (non-hydrogen) atoms. The Bertz CT molecular complexity index is 808. The predicted octanol–water partition coefficient (Wildman–Crippen LogP) is 3.32. The summed E-state index contributed by atoms with van der Waals surface area (Å²) in [4.78, 5) is 37.2. The molecule has 2 aromatic rings. The third kappa shape index (κ3) is 3.98. The van der Waals surface area contributed by atoms with E-state index in [2.05, 4.69) is 5.32 Å². The Morgan fingerprint density at radius 2 is 1.57 bits per heavy atom. The van der Waals surface area contributed by atoms with Crippen molar-refractivity contribution < 1.29 is 19.5 Å². The van der Waals surface area contributed by atoms with Gasteiger partial charge in [0.25, 0.3) is 0 Å². The maximum Gasteiger partial charge on any atom is 0.326 e. The van der Waals surface area contributed by atoms with Gasteiger partial charge in [-0.15, -0.1) is 0 Å². The number of carbonyl (C=O) groups is 3. The van der Waals surface area contributed by atoms with Crippen LogP contribution in [0.1, 0.15) is 43.7 Å². The molecule has 0 spiro atoms. The number of carbonyl (C=O) groups excluding carboxylic acids is 2. The molecule has 146 valence electrons. The van der Waals surface area contributed by atoms with Gasteiger partial charge in [-0.2, -0.15) is 0 Å². The quantitative estimate of drug-likeness (QED) is 0.806. The molecular formula is C23H25NO4. The monoisotopic (exact) mass is 379 g/mol. The summed E-state index contributed by atoms with van der Waals surface area (Å²) >= 11 is 0. The molecule has 0 heterocycles. The first-order valence-corrected chi connectivity index (χ1v) is 9.59. The van der Waals surface area contributed by atoms with Crippen LogP contribution in [0.4, 0.5) is 0 Å². The van der Waals surface area contributed by atoms with E-state index in [4.69, 9.17) is 0 Å². The third-order valence-electron chi connectivity index (χ3n) is 5.70. The van der Waals surface area contributed by atoms with Gasteiger partial charge < -0.3 is 10.4 Å². The zero-order chi connectivity index (χ0) is 20.1. The molecule has 0 bridgehead atoms. The molecule has 3 rings (SSSR count). The van der Waals surface area contributed by atoms with E-state index >= 15 is 0 Å². The summed E-state index contributed by atoms with van der Waals surface area (Å²) in [5, 5.41) is 12.5. The summed E-state index contributed by atoms with van der Waals surface area (Å²) in [5.41, 5.74) is 0.514. The van der Waals surface area contributed by atoms with Gasteiger partial charge in [-0.05, 0) is 36.8 Å². The van der Waals surface area contributed by atoms with Crippen molar-refractivity contribution in [2.75, 3.05) is 0 Å². The van der Waals surface area contributed by atoms with Crippen LogP contribution in [0, 0.1) is 5.92 Å². The fourth-order valence-electron chi connectivity index (χ4n) is 3.98. The zero-order valence-corrected chi connectivity index (χ0v) is 15.9. The maximum absolute atomic E-state index is 13.4. The number of amides is 1. The Kier molecular flexibility index (Phi) is 5.93. The number of rotatable bonds is 6. The van der Waals surface area contributed by atoms with E-state index in [0.29, 0.717) is 19.3 Å². The molecule has 5 nitrogen and oxygen atoms in total. The first-order chi connectivity index (χ1) is 13.4. The van der Waals surface area contributed by atoms with E-state index in [-0.39, 0.29) is 24.0 Å². The van der Waals surface area contributed by atoms with E-state index < -0.39 is 17.4 Å². The summed E-state index contributed by atoms with van der Waals surface area (Å²) in [6.45, 7) is 1.80. The molecule has 1 amide bonds. The number of benzene rings is 2. The second-order valence-electron chi connectivity index (χ2n) is 7.54. The lowest BCUT2D eigenvalue weighted by Gasteiger charge is -2.33. The number of hydrogen-bond donors (Lipinski definition) is 2. The number of aliphatic carboxylic acids is 1. The van der Waals surface area contributed by atoms with Gasteiger partial charge in [-0.25, -0.2) is 4.79 Å². The van der Waals surface area contributed by atoms with Crippen LogP contribution in [-0.2, 0) is 19.8 Å². The van der Waals surface area contributed by atoms with E-state index in [1.54, 1.807) is 6.92 Å². The van der Waals surface area contributed by atoms with Gasteiger partial charge in [-0.3, -0.25) is 9.59 Å². The standard InChI is InChI=1S/C23H25NO4/c1-23(17-10-4-2-5-11-17,18-12-6-3-7-13-18)22(28)24-20(21(26)27)16-9-8-14-19(25)15-16/h2-7,10-13,16,20H,8-9,14-15H2,1H3,(H,24,28)(H,26,27)/t16-,20+/m1/s1. The van der Waals surface area contributed by atoms with Crippen molar-refractivity contribution in [3.63, 3.8) is 0 Å². The molecule has 1 aliphatic rings. The second-order valence-corrected chi connectivity index (χ2v) is 7.54. The Morgan fingerprint density at radius 3 is 2.04 bits per heavy atom. The van der Waals surface area contributed by atoms with Crippen LogP contribution >= 0.6 is 0 Å². The topological polar surface area (TPSA) is 83.5 Å². The average Bonchev–Trinajstić information content (AvgIpc) is 2.72. The molecule has 1 aliphatic carbocycles. The van der Waals surface area contributed by atoms with Crippen LogP contribution in [0.2, 0.25) is 0 Å². The van der Waals surface area contributed by atoms with E-state index in [1.165, 1.54) is 0 Å². The largest absolute Gasteiger partial charge is 0.480 e. The minimum atomic E-state index is -1.10. The molecule has 1 fully saturated rings. The lowest BCUT2D eigenvalue weighted by molar-refractivity contribution is -0.145. The lowest BCUT2D eigenvalue weighted by atomic mass is 9.74. The Hall–Kier alpha value is -2.95. The molecule has 5 heteroatoms. The highest BCUT2D eigenvalue weighted by Gasteiger charge is 2.41. The van der Waals surface area contributed by atoms with Crippen LogP contribution < -0.4 is 5.32 Å². The maximum atomic E-state index is 13.4. The number of hydrogen-bond acceptors (Lipinski definition) is 3. The van der Waals surface area contributed by atoms with Crippen LogP contribution in [0.5, 0.6) is 0 Å². The molecule has 2 atom stereocenters. The van der Waals surface area contributed by atoms with Gasteiger partial charge in [0.2, 0.25) is 5.91 Å². The van der Waals surface area contributed by atoms with Crippen molar-refractivity contribution in [3.8, 4) is 0 Å². The van der Waals surface area contributed by atoms with Crippen molar-refractivity contribution in [2.24, 2.45) is 5.92 Å². The highest BCUT2D eigenvalue weighted by molar-refractivity contribution is 5.94. The lowest BCUT2D eigenvalue weighted by Crippen LogP contribution is -2.53. The number of nitrogens with one attached hydrogen (secondary N) is 1. The zero-order valence-electron chi connectivity index (χ0n) is 15.9. The summed E-state index contributed by atoms with van der Waals surface area (Å²) in [5.74, 6) is -1.80. The van der Waals surface area contributed by atoms with E-state index in [1.807, 2.05) is 60.7 Å². The number of carboxylic acid groups (broad SMARTS) is 1. The van der Waals surface area contributed by atoms with Crippen molar-refractivity contribution in [3.05, 3.63) is 71.8 Å². The molecule has 0 aromatic heterocycles. The molecule has 0 saturated heterocycles. The highest BCUT2D eigenvalue weighted by atomic mass is 16.4. The normalized spacial score (nSPS) is 18.3. The minimum absolute atomic E-state index is 0.0608. The van der Waals surface area contributed by atoms with Gasteiger partial charge in [0.15, 0.2) is 0 Å². The first kappa shape index (κ1) is 19.8. The Balaban J connectivity index is 1.95. The highest BCUT2D eigenvalue weighted by Crippen LogP contribution is 2.33. The summed E-state index contributed by atoms with van der Waals surface area (Å²) in [6, 6.07) is 17.6. The molecule has 0 aliphatic heterocycles. The molecule has 0 radical (unpaired) electrons. The van der Waals surface area contributed by atoms with Crippen LogP contribution in [0.25, 0.3) is 0 Å². The van der Waals surface area contributed by atoms with Gasteiger partial charge in [0, 0.05) is 12.8 Å². The Labute approximate surface area is 164 Å². The molecule has 2 N–H and O–H groups in total. The summed E-state index contributed by atoms with van der Waals surface area (Å²) < 4.78 is 0. The first-order valence-electron chi connectivity index (χ1n) is 9.59. The summed E-state index contributed by atoms with van der Waals surface area (Å²) in [6.07, 6.45) is 1.97. The van der Waals surface area contributed by atoms with E-state index in [9.17, 15) is 19.5 Å². The van der Waals surface area contributed by atoms with Crippen molar-refractivity contribution in [2.45, 2.75) is 44.1 Å². The fourth-order valence-corrected chi connectivity index (χ4v) is 3.98.